The van der Waals surface area contributed by atoms with Crippen LogP contribution >= 0.6 is 15.9 Å². The Morgan fingerprint density at radius 2 is 2.05 bits per heavy atom. The molecule has 0 saturated carbocycles. The zero-order valence-corrected chi connectivity index (χ0v) is 12.9. The first kappa shape index (κ1) is 14.3. The third-order valence-electron chi connectivity index (χ3n) is 3.50. The SMILES string of the molecule is Cc1ccc(C(NN)c2cc3cccc(Br)c3o2)cc1F. The molecule has 0 aliphatic heterocycles. The number of hydrogen-bond donors (Lipinski definition) is 2. The second-order valence-electron chi connectivity index (χ2n) is 4.92. The smallest absolute Gasteiger partial charge is 0.148 e. The van der Waals surface area contributed by atoms with Gasteiger partial charge in [0, 0.05) is 5.39 Å². The van der Waals surface area contributed by atoms with Crippen molar-refractivity contribution in [2.45, 2.75) is 13.0 Å². The number of hydrazine groups is 1. The molecule has 21 heavy (non-hydrogen) atoms. The Labute approximate surface area is 130 Å². The Balaban J connectivity index is 2.09. The fourth-order valence-electron chi connectivity index (χ4n) is 2.32. The highest BCUT2D eigenvalue weighted by Gasteiger charge is 2.19. The molecule has 0 spiro atoms. The Hall–Kier alpha value is -1.69. The van der Waals surface area contributed by atoms with Crippen molar-refractivity contribution in [3.8, 4) is 0 Å². The number of halogens is 2. The van der Waals surface area contributed by atoms with Gasteiger partial charge < -0.3 is 4.42 Å². The van der Waals surface area contributed by atoms with E-state index in [0.29, 0.717) is 11.3 Å². The number of aryl methyl sites for hydroxylation is 1. The van der Waals surface area contributed by atoms with Gasteiger partial charge in [0.1, 0.15) is 23.2 Å². The van der Waals surface area contributed by atoms with Crippen LogP contribution in [0.4, 0.5) is 4.39 Å². The van der Waals surface area contributed by atoms with Crippen LogP contribution in [-0.4, -0.2) is 0 Å². The first-order valence-corrected chi connectivity index (χ1v) is 7.29. The van der Waals surface area contributed by atoms with E-state index in [1.807, 2.05) is 30.3 Å². The average molecular weight is 349 g/mol. The lowest BCUT2D eigenvalue weighted by atomic mass is 10.0. The largest absolute Gasteiger partial charge is 0.458 e. The van der Waals surface area contributed by atoms with Gasteiger partial charge >= 0.3 is 0 Å². The summed E-state index contributed by atoms with van der Waals surface area (Å²) in [4.78, 5) is 0. The van der Waals surface area contributed by atoms with Gasteiger partial charge in [-0.3, -0.25) is 5.84 Å². The summed E-state index contributed by atoms with van der Waals surface area (Å²) in [7, 11) is 0. The van der Waals surface area contributed by atoms with Gasteiger partial charge in [-0.2, -0.15) is 0 Å². The number of hydrogen-bond acceptors (Lipinski definition) is 3. The zero-order valence-electron chi connectivity index (χ0n) is 11.4. The molecule has 0 bridgehead atoms. The molecular weight excluding hydrogens is 335 g/mol. The maximum atomic E-state index is 13.8. The van der Waals surface area contributed by atoms with Crippen LogP contribution < -0.4 is 11.3 Å². The molecule has 1 unspecified atom stereocenters. The second kappa shape index (κ2) is 5.60. The third-order valence-corrected chi connectivity index (χ3v) is 4.12. The maximum absolute atomic E-state index is 13.8. The van der Waals surface area contributed by atoms with Gasteiger partial charge in [-0.15, -0.1) is 0 Å². The lowest BCUT2D eigenvalue weighted by Gasteiger charge is -2.14. The number of benzene rings is 2. The number of nitrogens with one attached hydrogen (secondary N) is 1. The molecule has 1 atom stereocenters. The minimum Gasteiger partial charge on any atom is -0.458 e. The molecule has 1 aromatic heterocycles. The molecule has 3 aromatic rings. The molecule has 3 rings (SSSR count). The van der Waals surface area contributed by atoms with Crippen LogP contribution in [0.2, 0.25) is 0 Å². The fraction of sp³-hybridized carbons (Fsp3) is 0.125. The standard InChI is InChI=1S/C16H14BrFN2O/c1-9-5-6-10(7-13(9)18)15(20-19)14-8-11-3-2-4-12(17)16(11)21-14/h2-8,15,20H,19H2,1H3. The van der Waals surface area contributed by atoms with Crippen molar-refractivity contribution in [3.05, 3.63) is 69.6 Å². The average Bonchev–Trinajstić information content (AvgIpc) is 2.89. The Morgan fingerprint density at radius 1 is 1.24 bits per heavy atom. The van der Waals surface area contributed by atoms with Gasteiger partial charge in [0.2, 0.25) is 0 Å². The summed E-state index contributed by atoms with van der Waals surface area (Å²) in [6, 6.07) is 12.3. The number of rotatable bonds is 3. The van der Waals surface area contributed by atoms with Crippen LogP contribution in [0.15, 0.2) is 51.4 Å². The molecule has 1 heterocycles. The minimum atomic E-state index is -0.403. The Morgan fingerprint density at radius 3 is 2.71 bits per heavy atom. The van der Waals surface area contributed by atoms with Crippen molar-refractivity contribution >= 4 is 26.9 Å². The first-order chi connectivity index (χ1) is 10.1. The Kier molecular flexibility index (Phi) is 3.80. The van der Waals surface area contributed by atoms with Gasteiger partial charge in [0.05, 0.1) is 4.47 Å². The number of fused-ring (bicyclic) bond motifs is 1. The van der Waals surface area contributed by atoms with E-state index < -0.39 is 6.04 Å². The Bertz CT molecular complexity index is 800. The summed E-state index contributed by atoms with van der Waals surface area (Å²) in [5.74, 6) is 6.02. The van der Waals surface area contributed by atoms with Crippen molar-refractivity contribution in [1.82, 2.24) is 5.43 Å². The van der Waals surface area contributed by atoms with Crippen molar-refractivity contribution in [3.63, 3.8) is 0 Å². The van der Waals surface area contributed by atoms with E-state index in [2.05, 4.69) is 21.4 Å². The summed E-state index contributed by atoms with van der Waals surface area (Å²) in [5.41, 5.74) is 4.75. The molecule has 5 heteroatoms. The number of nitrogens with two attached hydrogens (primary N) is 1. The number of furan rings is 1. The molecule has 0 radical (unpaired) electrons. The summed E-state index contributed by atoms with van der Waals surface area (Å²) < 4.78 is 20.5. The van der Waals surface area contributed by atoms with Gasteiger partial charge in [-0.25, -0.2) is 9.82 Å². The van der Waals surface area contributed by atoms with E-state index >= 15 is 0 Å². The predicted molar refractivity (Wildman–Crippen MR) is 84.2 cm³/mol. The molecule has 0 fully saturated rings. The van der Waals surface area contributed by atoms with E-state index in [0.717, 1.165) is 21.0 Å². The summed E-state index contributed by atoms with van der Waals surface area (Å²) >= 11 is 3.45. The summed E-state index contributed by atoms with van der Waals surface area (Å²) in [6.07, 6.45) is 0. The fourth-order valence-corrected chi connectivity index (χ4v) is 2.78. The third kappa shape index (κ3) is 2.60. The van der Waals surface area contributed by atoms with E-state index in [1.165, 1.54) is 6.07 Å². The van der Waals surface area contributed by atoms with Gasteiger partial charge in [-0.05, 0) is 52.2 Å². The maximum Gasteiger partial charge on any atom is 0.148 e. The van der Waals surface area contributed by atoms with Crippen LogP contribution in [-0.2, 0) is 0 Å². The predicted octanol–water partition coefficient (Wildman–Crippen LogP) is 4.20. The quantitative estimate of drug-likeness (QED) is 0.551. The van der Waals surface area contributed by atoms with Crippen LogP contribution in [0.25, 0.3) is 11.0 Å². The lowest BCUT2D eigenvalue weighted by Crippen LogP contribution is -2.28. The van der Waals surface area contributed by atoms with E-state index in [9.17, 15) is 4.39 Å². The minimum absolute atomic E-state index is 0.259. The molecule has 2 aromatic carbocycles. The highest BCUT2D eigenvalue weighted by Crippen LogP contribution is 2.32. The van der Waals surface area contributed by atoms with Crippen LogP contribution in [0.1, 0.15) is 22.9 Å². The van der Waals surface area contributed by atoms with Crippen LogP contribution in [0.3, 0.4) is 0 Å². The van der Waals surface area contributed by atoms with Gasteiger partial charge in [-0.1, -0.05) is 24.3 Å². The van der Waals surface area contributed by atoms with E-state index in [-0.39, 0.29) is 5.82 Å². The van der Waals surface area contributed by atoms with E-state index in [4.69, 9.17) is 10.3 Å². The molecule has 0 amide bonds. The van der Waals surface area contributed by atoms with Crippen molar-refractivity contribution in [2.75, 3.05) is 0 Å². The molecule has 108 valence electrons. The van der Waals surface area contributed by atoms with E-state index in [1.54, 1.807) is 13.0 Å². The summed E-state index contributed by atoms with van der Waals surface area (Å²) in [6.45, 7) is 1.72. The molecule has 0 aliphatic rings. The number of para-hydroxylation sites is 1. The van der Waals surface area contributed by atoms with Gasteiger partial charge in [0.25, 0.3) is 0 Å². The van der Waals surface area contributed by atoms with Crippen molar-refractivity contribution < 1.29 is 8.81 Å². The van der Waals surface area contributed by atoms with Crippen molar-refractivity contribution in [1.29, 1.82) is 0 Å². The topological polar surface area (TPSA) is 51.2 Å². The van der Waals surface area contributed by atoms with Crippen LogP contribution in [0.5, 0.6) is 0 Å². The molecular formula is C16H14BrFN2O. The highest BCUT2D eigenvalue weighted by atomic mass is 79.9. The molecule has 0 aliphatic carbocycles. The first-order valence-electron chi connectivity index (χ1n) is 6.50. The lowest BCUT2D eigenvalue weighted by molar-refractivity contribution is 0.474. The normalized spacial score (nSPS) is 12.8. The molecule has 3 nitrogen and oxygen atoms in total. The highest BCUT2D eigenvalue weighted by molar-refractivity contribution is 9.10. The second-order valence-corrected chi connectivity index (χ2v) is 5.77. The molecule has 0 saturated heterocycles. The van der Waals surface area contributed by atoms with Crippen molar-refractivity contribution in [2.24, 2.45) is 5.84 Å². The van der Waals surface area contributed by atoms with Crippen LogP contribution in [0, 0.1) is 12.7 Å². The molecule has 3 N–H and O–H groups in total. The monoisotopic (exact) mass is 348 g/mol. The summed E-state index contributed by atoms with van der Waals surface area (Å²) in [5, 5.41) is 0.965. The van der Waals surface area contributed by atoms with Gasteiger partial charge in [0.15, 0.2) is 0 Å². The zero-order chi connectivity index (χ0) is 15.0.